The Morgan fingerprint density at radius 2 is 2.00 bits per heavy atom. The van der Waals surface area contributed by atoms with Gasteiger partial charge in [0.25, 0.3) is 0 Å². The number of hydrogen-bond donors (Lipinski definition) is 2. The van der Waals surface area contributed by atoms with Crippen LogP contribution in [0.2, 0.25) is 0 Å². The number of halogens is 2. The first kappa shape index (κ1) is 19.9. The Hall–Kier alpha value is -1.13. The first-order chi connectivity index (χ1) is 10.4. The van der Waals surface area contributed by atoms with E-state index in [1.807, 2.05) is 0 Å². The molecule has 2 rings (SSSR count). The van der Waals surface area contributed by atoms with Crippen LogP contribution in [0.25, 0.3) is 0 Å². The molecular formula is C18H28ClFN2O. The van der Waals surface area contributed by atoms with Gasteiger partial charge in [-0.1, -0.05) is 32.9 Å². The maximum absolute atomic E-state index is 13.1. The minimum Gasteiger partial charge on any atom is -0.349 e. The fourth-order valence-electron chi connectivity index (χ4n) is 2.98. The van der Waals surface area contributed by atoms with Crippen LogP contribution in [-0.4, -0.2) is 19.0 Å². The summed E-state index contributed by atoms with van der Waals surface area (Å²) in [5.74, 6) is 0.442. The van der Waals surface area contributed by atoms with Gasteiger partial charge in [0.05, 0.1) is 6.04 Å². The number of nitrogens with one attached hydrogen (secondary N) is 2. The van der Waals surface area contributed by atoms with E-state index in [0.29, 0.717) is 12.3 Å². The molecule has 1 aromatic carbocycles. The van der Waals surface area contributed by atoms with Gasteiger partial charge in [0.2, 0.25) is 5.91 Å². The molecule has 3 nitrogen and oxygen atoms in total. The lowest BCUT2D eigenvalue weighted by molar-refractivity contribution is -0.122. The van der Waals surface area contributed by atoms with E-state index in [9.17, 15) is 9.18 Å². The third kappa shape index (κ3) is 6.11. The quantitative estimate of drug-likeness (QED) is 0.853. The van der Waals surface area contributed by atoms with Crippen LogP contribution in [0.4, 0.5) is 4.39 Å². The summed E-state index contributed by atoms with van der Waals surface area (Å²) in [4.78, 5) is 12.3. The van der Waals surface area contributed by atoms with Crippen molar-refractivity contribution in [3.8, 4) is 0 Å². The normalized spacial score (nSPS) is 19.0. The van der Waals surface area contributed by atoms with E-state index in [-0.39, 0.29) is 35.6 Å². The maximum Gasteiger partial charge on any atom is 0.220 e. The molecule has 0 radical (unpaired) electrons. The smallest absolute Gasteiger partial charge is 0.220 e. The first-order valence-corrected chi connectivity index (χ1v) is 8.12. The van der Waals surface area contributed by atoms with Crippen LogP contribution in [0.15, 0.2) is 24.3 Å². The molecule has 0 saturated carbocycles. The molecule has 0 spiro atoms. The Balaban J connectivity index is 0.00000264. The van der Waals surface area contributed by atoms with Gasteiger partial charge in [-0.25, -0.2) is 4.39 Å². The lowest BCUT2D eigenvalue weighted by atomic mass is 9.82. The lowest BCUT2D eigenvalue weighted by Crippen LogP contribution is -2.36. The van der Waals surface area contributed by atoms with Gasteiger partial charge in [-0.3, -0.25) is 4.79 Å². The van der Waals surface area contributed by atoms with E-state index in [2.05, 4.69) is 31.4 Å². The van der Waals surface area contributed by atoms with Gasteiger partial charge in [-0.15, -0.1) is 12.4 Å². The van der Waals surface area contributed by atoms with E-state index in [0.717, 1.165) is 31.5 Å². The van der Waals surface area contributed by atoms with Gasteiger partial charge in [-0.2, -0.15) is 0 Å². The summed E-state index contributed by atoms with van der Waals surface area (Å²) in [6, 6.07) is 6.30. The molecule has 1 saturated heterocycles. The number of rotatable bonds is 5. The minimum atomic E-state index is -0.253. The van der Waals surface area contributed by atoms with E-state index in [1.54, 1.807) is 12.1 Å². The molecule has 1 aliphatic rings. The standard InChI is InChI=1S/C18H27FN2O.ClH/c1-18(2,3)17(14-5-7-15(19)8-6-14)21-16(22)9-4-13-10-11-20-12-13;/h5-8,13,17,20H,4,9-12H2,1-3H3,(H,21,22);1H. The van der Waals surface area contributed by atoms with Gasteiger partial charge in [0, 0.05) is 6.42 Å². The molecule has 1 fully saturated rings. The zero-order valence-electron chi connectivity index (χ0n) is 14.2. The molecule has 2 unspecified atom stereocenters. The van der Waals surface area contributed by atoms with Crippen LogP contribution in [0.1, 0.15) is 51.6 Å². The van der Waals surface area contributed by atoms with Gasteiger partial charge in [-0.05, 0) is 55.0 Å². The molecule has 5 heteroatoms. The van der Waals surface area contributed by atoms with Crippen molar-refractivity contribution in [1.29, 1.82) is 0 Å². The third-order valence-corrected chi connectivity index (χ3v) is 4.32. The Morgan fingerprint density at radius 1 is 1.35 bits per heavy atom. The van der Waals surface area contributed by atoms with Crippen LogP contribution in [-0.2, 0) is 4.79 Å². The number of benzene rings is 1. The summed E-state index contributed by atoms with van der Waals surface area (Å²) in [6.45, 7) is 8.34. The van der Waals surface area contributed by atoms with E-state index in [4.69, 9.17) is 0 Å². The molecule has 1 heterocycles. The molecule has 2 atom stereocenters. The van der Waals surface area contributed by atoms with Gasteiger partial charge >= 0.3 is 0 Å². The monoisotopic (exact) mass is 342 g/mol. The van der Waals surface area contributed by atoms with E-state index < -0.39 is 0 Å². The lowest BCUT2D eigenvalue weighted by Gasteiger charge is -2.32. The predicted molar refractivity (Wildman–Crippen MR) is 94.2 cm³/mol. The number of hydrogen-bond acceptors (Lipinski definition) is 2. The van der Waals surface area contributed by atoms with Crippen LogP contribution < -0.4 is 10.6 Å². The molecule has 1 aliphatic heterocycles. The number of carbonyl (C=O) groups is 1. The first-order valence-electron chi connectivity index (χ1n) is 8.12. The number of amides is 1. The SMILES string of the molecule is CC(C)(C)C(NC(=O)CCC1CCNC1)c1ccc(F)cc1.Cl. The van der Waals surface area contributed by atoms with Gasteiger partial charge in [0.1, 0.15) is 5.82 Å². The van der Waals surface area contributed by atoms with Crippen LogP contribution in [0.3, 0.4) is 0 Å². The van der Waals surface area contributed by atoms with Crippen molar-refractivity contribution in [3.63, 3.8) is 0 Å². The summed E-state index contributed by atoms with van der Waals surface area (Å²) in [7, 11) is 0. The van der Waals surface area contributed by atoms with Crippen molar-refractivity contribution in [2.24, 2.45) is 11.3 Å². The van der Waals surface area contributed by atoms with Crippen molar-refractivity contribution in [2.45, 2.75) is 46.1 Å². The molecule has 2 N–H and O–H groups in total. The van der Waals surface area contributed by atoms with Crippen molar-refractivity contribution < 1.29 is 9.18 Å². The predicted octanol–water partition coefficient (Wildman–Crippen LogP) is 3.84. The average molecular weight is 343 g/mol. The average Bonchev–Trinajstić information content (AvgIpc) is 2.96. The highest BCUT2D eigenvalue weighted by Gasteiger charge is 2.28. The zero-order chi connectivity index (χ0) is 16.2. The highest BCUT2D eigenvalue weighted by atomic mass is 35.5. The summed E-state index contributed by atoms with van der Waals surface area (Å²) in [5, 5.41) is 6.46. The zero-order valence-corrected chi connectivity index (χ0v) is 15.0. The molecule has 1 aromatic rings. The third-order valence-electron chi connectivity index (χ3n) is 4.32. The second kappa shape index (κ2) is 8.65. The highest BCUT2D eigenvalue weighted by molar-refractivity contribution is 5.85. The molecule has 0 aliphatic carbocycles. The Kier molecular flexibility index (Phi) is 7.49. The Bertz CT molecular complexity index is 493. The topological polar surface area (TPSA) is 41.1 Å². The van der Waals surface area contributed by atoms with Gasteiger partial charge < -0.3 is 10.6 Å². The van der Waals surface area contributed by atoms with Crippen molar-refractivity contribution >= 4 is 18.3 Å². The van der Waals surface area contributed by atoms with Crippen LogP contribution in [0, 0.1) is 17.2 Å². The molecule has 1 amide bonds. The molecule has 0 aromatic heterocycles. The fraction of sp³-hybridized carbons (Fsp3) is 0.611. The summed E-state index contributed by atoms with van der Waals surface area (Å²) < 4.78 is 13.1. The van der Waals surface area contributed by atoms with Crippen molar-refractivity contribution in [2.75, 3.05) is 13.1 Å². The van der Waals surface area contributed by atoms with E-state index in [1.165, 1.54) is 12.1 Å². The van der Waals surface area contributed by atoms with E-state index >= 15 is 0 Å². The molecular weight excluding hydrogens is 315 g/mol. The highest BCUT2D eigenvalue weighted by Crippen LogP contribution is 2.33. The second-order valence-electron chi connectivity index (χ2n) is 7.32. The summed E-state index contributed by atoms with van der Waals surface area (Å²) in [6.07, 6.45) is 2.65. The molecule has 23 heavy (non-hydrogen) atoms. The Morgan fingerprint density at radius 3 is 2.52 bits per heavy atom. The van der Waals surface area contributed by atoms with Crippen LogP contribution >= 0.6 is 12.4 Å². The maximum atomic E-state index is 13.1. The van der Waals surface area contributed by atoms with Crippen LogP contribution in [0.5, 0.6) is 0 Å². The number of carbonyl (C=O) groups excluding carboxylic acids is 1. The molecule has 0 bridgehead atoms. The van der Waals surface area contributed by atoms with Crippen molar-refractivity contribution in [3.05, 3.63) is 35.6 Å². The minimum absolute atomic E-state index is 0. The fourth-order valence-corrected chi connectivity index (χ4v) is 2.98. The van der Waals surface area contributed by atoms with Gasteiger partial charge in [0.15, 0.2) is 0 Å². The van der Waals surface area contributed by atoms with Crippen molar-refractivity contribution in [1.82, 2.24) is 10.6 Å². The largest absolute Gasteiger partial charge is 0.349 e. The second-order valence-corrected chi connectivity index (χ2v) is 7.32. The molecule has 130 valence electrons. The summed E-state index contributed by atoms with van der Waals surface area (Å²) in [5.41, 5.74) is 0.826. The summed E-state index contributed by atoms with van der Waals surface area (Å²) >= 11 is 0. The Labute approximate surface area is 144 Å².